The molecule has 0 atom stereocenters. The van der Waals surface area contributed by atoms with Gasteiger partial charge in [0.1, 0.15) is 0 Å². The van der Waals surface area contributed by atoms with Crippen molar-refractivity contribution < 1.29 is 17.5 Å². The molecule has 0 heterocycles. The van der Waals surface area contributed by atoms with Crippen molar-refractivity contribution in [2.75, 3.05) is 18.9 Å². The monoisotopic (exact) mass is 370 g/mol. The first-order valence-corrected chi connectivity index (χ1v) is 10.7. The van der Waals surface area contributed by atoms with Gasteiger partial charge in [-0.15, -0.1) is 0 Å². The summed E-state index contributed by atoms with van der Waals surface area (Å²) in [7, 11) is -3.37. The van der Waals surface area contributed by atoms with Crippen molar-refractivity contribution in [2.45, 2.75) is 50.5 Å². The number of ether oxygens (including phenoxy) is 1. The zero-order valence-electron chi connectivity index (χ0n) is 14.5. The first kappa shape index (κ1) is 18.6. The lowest BCUT2D eigenvalue weighted by molar-refractivity contribution is 0.284. The van der Waals surface area contributed by atoms with Crippen LogP contribution in [-0.4, -0.2) is 27.3 Å². The average Bonchev–Trinajstić information content (AvgIpc) is 3.47. The third-order valence-corrected chi connectivity index (χ3v) is 6.40. The van der Waals surface area contributed by atoms with Crippen LogP contribution < -0.4 is 15.2 Å². The molecule has 3 N–H and O–H groups in total. The minimum absolute atomic E-state index is 0.0982. The number of sulfonamides is 1. The molecule has 0 amide bonds. The number of hydrogen-bond donors (Lipinski definition) is 2. The van der Waals surface area contributed by atoms with Crippen LogP contribution in [0.1, 0.15) is 50.5 Å². The van der Waals surface area contributed by atoms with Gasteiger partial charge in [0.15, 0.2) is 11.6 Å². The first-order valence-electron chi connectivity index (χ1n) is 9.09. The number of hydrogen-bond acceptors (Lipinski definition) is 4. The van der Waals surface area contributed by atoms with Gasteiger partial charge >= 0.3 is 0 Å². The smallest absolute Gasteiger partial charge is 0.212 e. The SMILES string of the molecule is NCCCCCS(=O)(=O)NC1(c2ccc(F)c(OCC3CC3)c2)CC1. The van der Waals surface area contributed by atoms with Crippen molar-refractivity contribution in [3.8, 4) is 5.75 Å². The van der Waals surface area contributed by atoms with Gasteiger partial charge in [-0.3, -0.25) is 0 Å². The summed E-state index contributed by atoms with van der Waals surface area (Å²) in [6.45, 7) is 1.11. The Morgan fingerprint density at radius 2 is 2.00 bits per heavy atom. The van der Waals surface area contributed by atoms with Crippen LogP contribution in [0.4, 0.5) is 4.39 Å². The fraction of sp³-hybridized carbons (Fsp3) is 0.667. The lowest BCUT2D eigenvalue weighted by Gasteiger charge is -2.19. The highest BCUT2D eigenvalue weighted by molar-refractivity contribution is 7.89. The van der Waals surface area contributed by atoms with Gasteiger partial charge < -0.3 is 10.5 Å². The molecule has 0 spiro atoms. The van der Waals surface area contributed by atoms with E-state index in [1.54, 1.807) is 12.1 Å². The lowest BCUT2D eigenvalue weighted by atomic mass is 10.1. The minimum Gasteiger partial charge on any atom is -0.490 e. The van der Waals surface area contributed by atoms with Crippen molar-refractivity contribution in [1.82, 2.24) is 4.72 Å². The largest absolute Gasteiger partial charge is 0.490 e. The van der Waals surface area contributed by atoms with Crippen LogP contribution in [0, 0.1) is 11.7 Å². The summed E-state index contributed by atoms with van der Waals surface area (Å²) in [5.74, 6) is 0.452. The van der Waals surface area contributed by atoms with E-state index in [-0.39, 0.29) is 11.5 Å². The summed E-state index contributed by atoms with van der Waals surface area (Å²) in [6, 6.07) is 4.68. The molecule has 2 saturated carbocycles. The van der Waals surface area contributed by atoms with E-state index in [9.17, 15) is 12.8 Å². The standard InChI is InChI=1S/C18H27FN2O3S/c19-16-7-6-15(12-17(16)24-13-14-4-5-14)18(8-9-18)21-25(22,23)11-3-1-2-10-20/h6-7,12,14,21H,1-5,8-11,13,20H2. The number of benzene rings is 1. The highest BCUT2D eigenvalue weighted by Gasteiger charge is 2.47. The molecule has 5 nitrogen and oxygen atoms in total. The Morgan fingerprint density at radius 3 is 2.64 bits per heavy atom. The van der Waals surface area contributed by atoms with Gasteiger partial charge in [0.05, 0.1) is 17.9 Å². The van der Waals surface area contributed by atoms with Crippen LogP contribution in [-0.2, 0) is 15.6 Å². The molecule has 2 aliphatic carbocycles. The molecule has 0 radical (unpaired) electrons. The maximum absolute atomic E-state index is 14.0. The van der Waals surface area contributed by atoms with Gasteiger partial charge in [-0.25, -0.2) is 17.5 Å². The van der Waals surface area contributed by atoms with Gasteiger partial charge in [0.25, 0.3) is 0 Å². The van der Waals surface area contributed by atoms with Crippen LogP contribution in [0.3, 0.4) is 0 Å². The van der Waals surface area contributed by atoms with Crippen LogP contribution in [0.5, 0.6) is 5.75 Å². The Hall–Kier alpha value is -1.18. The third kappa shape index (κ3) is 5.15. The van der Waals surface area contributed by atoms with E-state index >= 15 is 0 Å². The molecule has 7 heteroatoms. The second-order valence-electron chi connectivity index (χ2n) is 7.25. The molecule has 0 unspecified atom stereocenters. The van der Waals surface area contributed by atoms with E-state index in [1.807, 2.05) is 0 Å². The predicted octanol–water partition coefficient (Wildman–Crippen LogP) is 2.65. The molecular formula is C18H27FN2O3S. The summed E-state index contributed by atoms with van der Waals surface area (Å²) in [5, 5.41) is 0. The number of rotatable bonds is 11. The Labute approximate surface area is 149 Å². The highest BCUT2D eigenvalue weighted by atomic mass is 32.2. The topological polar surface area (TPSA) is 81.4 Å². The summed E-state index contributed by atoms with van der Waals surface area (Å²) >= 11 is 0. The molecule has 0 aliphatic heterocycles. The molecule has 0 saturated heterocycles. The van der Waals surface area contributed by atoms with Gasteiger partial charge in [-0.1, -0.05) is 12.5 Å². The lowest BCUT2D eigenvalue weighted by Crippen LogP contribution is -2.36. The maximum atomic E-state index is 14.0. The number of nitrogens with one attached hydrogen (secondary N) is 1. The van der Waals surface area contributed by atoms with Crippen molar-refractivity contribution in [1.29, 1.82) is 0 Å². The molecule has 1 aromatic rings. The summed E-state index contributed by atoms with van der Waals surface area (Å²) in [4.78, 5) is 0. The van der Waals surface area contributed by atoms with Crippen molar-refractivity contribution in [3.63, 3.8) is 0 Å². The third-order valence-electron chi connectivity index (χ3n) is 4.87. The van der Waals surface area contributed by atoms with Gasteiger partial charge in [-0.05, 0) is 68.7 Å². The average molecular weight is 370 g/mol. The molecule has 1 aromatic carbocycles. The zero-order valence-corrected chi connectivity index (χ0v) is 15.3. The van der Waals surface area contributed by atoms with Gasteiger partial charge in [0.2, 0.25) is 10.0 Å². The van der Waals surface area contributed by atoms with Crippen LogP contribution in [0.25, 0.3) is 0 Å². The molecule has 2 fully saturated rings. The molecule has 140 valence electrons. The predicted molar refractivity (Wildman–Crippen MR) is 95.4 cm³/mol. The second-order valence-corrected chi connectivity index (χ2v) is 9.09. The molecule has 0 aromatic heterocycles. The fourth-order valence-electron chi connectivity index (χ4n) is 2.94. The van der Waals surface area contributed by atoms with Crippen molar-refractivity contribution in [3.05, 3.63) is 29.6 Å². The second kappa shape index (κ2) is 7.60. The zero-order chi connectivity index (χ0) is 17.9. The van der Waals surface area contributed by atoms with Crippen LogP contribution in [0.15, 0.2) is 18.2 Å². The van der Waals surface area contributed by atoms with Gasteiger partial charge in [0, 0.05) is 0 Å². The van der Waals surface area contributed by atoms with Crippen molar-refractivity contribution >= 4 is 10.0 Å². The molecule has 3 rings (SSSR count). The van der Waals surface area contributed by atoms with E-state index in [0.717, 1.165) is 44.1 Å². The summed E-state index contributed by atoms with van der Waals surface area (Å²) < 4.78 is 47.1. The van der Waals surface area contributed by atoms with Crippen molar-refractivity contribution in [2.24, 2.45) is 11.7 Å². The van der Waals surface area contributed by atoms with E-state index in [2.05, 4.69) is 4.72 Å². The number of unbranched alkanes of at least 4 members (excludes halogenated alkanes) is 2. The maximum Gasteiger partial charge on any atom is 0.212 e. The van der Waals surface area contributed by atoms with E-state index in [0.29, 0.717) is 25.5 Å². The number of halogens is 1. The van der Waals surface area contributed by atoms with Crippen LogP contribution >= 0.6 is 0 Å². The summed E-state index contributed by atoms with van der Waals surface area (Å²) in [6.07, 6.45) is 5.96. The van der Waals surface area contributed by atoms with E-state index in [1.165, 1.54) is 6.07 Å². The molecule has 0 bridgehead atoms. The minimum atomic E-state index is -3.37. The molecule has 2 aliphatic rings. The fourth-order valence-corrected chi connectivity index (χ4v) is 4.54. The van der Waals surface area contributed by atoms with Crippen LogP contribution in [0.2, 0.25) is 0 Å². The number of nitrogens with two attached hydrogens (primary N) is 1. The molecule has 25 heavy (non-hydrogen) atoms. The Morgan fingerprint density at radius 1 is 1.24 bits per heavy atom. The van der Waals surface area contributed by atoms with Gasteiger partial charge in [-0.2, -0.15) is 0 Å². The Balaban J connectivity index is 1.64. The Bertz CT molecular complexity index is 700. The highest BCUT2D eigenvalue weighted by Crippen LogP contribution is 2.47. The Kier molecular flexibility index (Phi) is 5.65. The molecular weight excluding hydrogens is 343 g/mol. The van der Waals surface area contributed by atoms with E-state index in [4.69, 9.17) is 10.5 Å². The van der Waals surface area contributed by atoms with E-state index < -0.39 is 21.4 Å². The first-order chi connectivity index (χ1) is 11.9. The normalized spacial score (nSPS) is 19.0. The summed E-state index contributed by atoms with van der Waals surface area (Å²) in [5.41, 5.74) is 5.62. The quantitative estimate of drug-likeness (QED) is 0.587.